The lowest BCUT2D eigenvalue weighted by molar-refractivity contribution is -0.384. The van der Waals surface area contributed by atoms with Crippen LogP contribution in [0.1, 0.15) is 19.8 Å². The van der Waals surface area contributed by atoms with E-state index in [4.69, 9.17) is 5.11 Å². The van der Waals surface area contributed by atoms with Crippen LogP contribution in [-0.4, -0.2) is 42.4 Å². The van der Waals surface area contributed by atoms with Gasteiger partial charge in [-0.25, -0.2) is 8.42 Å². The first-order valence-electron chi connectivity index (χ1n) is 6.29. The molecule has 0 fully saturated rings. The molecule has 0 atom stereocenters. The van der Waals surface area contributed by atoms with E-state index in [0.717, 1.165) is 18.6 Å². The number of non-ortho nitro benzene ring substituents is 1. The van der Waals surface area contributed by atoms with Crippen LogP contribution in [0, 0.1) is 10.1 Å². The van der Waals surface area contributed by atoms with E-state index in [1.807, 2.05) is 6.92 Å². The number of rotatable bonds is 8. The minimum absolute atomic E-state index is 0.00680. The van der Waals surface area contributed by atoms with Crippen molar-refractivity contribution < 1.29 is 18.4 Å². The molecule has 0 saturated heterocycles. The summed E-state index contributed by atoms with van der Waals surface area (Å²) in [6, 6.07) is 4.74. The van der Waals surface area contributed by atoms with Crippen LogP contribution in [0.4, 0.5) is 5.69 Å². The van der Waals surface area contributed by atoms with Gasteiger partial charge in [0, 0.05) is 25.2 Å². The number of sulfonamides is 1. The molecule has 0 aliphatic rings. The standard InChI is InChI=1S/C12H18N2O5S/c1-2-3-8-13(9-10-15)20(18,19)12-6-4-11(5-7-12)14(16)17/h4-7,15H,2-3,8-10H2,1H3. The first-order valence-corrected chi connectivity index (χ1v) is 7.73. The van der Waals surface area contributed by atoms with Gasteiger partial charge in [0.1, 0.15) is 0 Å². The predicted molar refractivity (Wildman–Crippen MR) is 73.8 cm³/mol. The van der Waals surface area contributed by atoms with E-state index in [-0.39, 0.29) is 23.7 Å². The molecule has 1 aromatic rings. The van der Waals surface area contributed by atoms with Crippen LogP contribution in [-0.2, 0) is 10.0 Å². The lowest BCUT2D eigenvalue weighted by Gasteiger charge is -2.20. The first kappa shape index (κ1) is 16.5. The van der Waals surface area contributed by atoms with Crippen LogP contribution >= 0.6 is 0 Å². The Labute approximate surface area is 118 Å². The summed E-state index contributed by atoms with van der Waals surface area (Å²) < 4.78 is 25.9. The number of aliphatic hydroxyl groups excluding tert-OH is 1. The fourth-order valence-electron chi connectivity index (χ4n) is 1.69. The summed E-state index contributed by atoms with van der Waals surface area (Å²) in [5, 5.41) is 19.5. The summed E-state index contributed by atoms with van der Waals surface area (Å²) in [7, 11) is -3.73. The van der Waals surface area contributed by atoms with Crippen molar-refractivity contribution >= 4 is 15.7 Å². The monoisotopic (exact) mass is 302 g/mol. The van der Waals surface area contributed by atoms with Gasteiger partial charge in [-0.1, -0.05) is 13.3 Å². The minimum atomic E-state index is -3.73. The van der Waals surface area contributed by atoms with Crippen LogP contribution in [0.25, 0.3) is 0 Å². The molecule has 1 N–H and O–H groups in total. The quantitative estimate of drug-likeness (QED) is 0.577. The maximum absolute atomic E-state index is 12.4. The van der Waals surface area contributed by atoms with Crippen molar-refractivity contribution in [1.29, 1.82) is 0 Å². The Morgan fingerprint density at radius 1 is 1.25 bits per heavy atom. The zero-order chi connectivity index (χ0) is 15.2. The summed E-state index contributed by atoms with van der Waals surface area (Å²) in [5.74, 6) is 0. The fourth-order valence-corrected chi connectivity index (χ4v) is 3.16. The average Bonchev–Trinajstić information content (AvgIpc) is 2.43. The Morgan fingerprint density at radius 3 is 2.30 bits per heavy atom. The van der Waals surface area contributed by atoms with Gasteiger partial charge in [0.05, 0.1) is 16.4 Å². The third kappa shape index (κ3) is 3.99. The first-order chi connectivity index (χ1) is 9.43. The Morgan fingerprint density at radius 2 is 1.85 bits per heavy atom. The van der Waals surface area contributed by atoms with Crippen molar-refractivity contribution in [2.45, 2.75) is 24.7 Å². The predicted octanol–water partition coefficient (Wildman–Crippen LogP) is 1.38. The summed E-state index contributed by atoms with van der Waals surface area (Å²) in [5.41, 5.74) is -0.161. The molecule has 0 saturated carbocycles. The zero-order valence-corrected chi connectivity index (χ0v) is 12.0. The van der Waals surface area contributed by atoms with E-state index >= 15 is 0 Å². The largest absolute Gasteiger partial charge is 0.395 e. The van der Waals surface area contributed by atoms with E-state index in [2.05, 4.69) is 0 Å². The van der Waals surface area contributed by atoms with Gasteiger partial charge in [-0.2, -0.15) is 4.31 Å². The smallest absolute Gasteiger partial charge is 0.269 e. The van der Waals surface area contributed by atoms with Crippen LogP contribution in [0.2, 0.25) is 0 Å². The highest BCUT2D eigenvalue weighted by Gasteiger charge is 2.24. The molecule has 0 heterocycles. The van der Waals surface area contributed by atoms with E-state index in [1.165, 1.54) is 16.4 Å². The molecule has 1 aromatic carbocycles. The van der Waals surface area contributed by atoms with Crippen molar-refractivity contribution in [1.82, 2.24) is 4.31 Å². The van der Waals surface area contributed by atoms with Gasteiger partial charge in [0.15, 0.2) is 0 Å². The normalized spacial score (nSPS) is 11.8. The topological polar surface area (TPSA) is 101 Å². The highest BCUT2D eigenvalue weighted by atomic mass is 32.2. The molecule has 0 aromatic heterocycles. The Balaban J connectivity index is 3.02. The van der Waals surface area contributed by atoms with Crippen molar-refractivity contribution in [3.63, 3.8) is 0 Å². The Kier molecular flexibility index (Phi) is 6.05. The van der Waals surface area contributed by atoms with Crippen LogP contribution in [0.3, 0.4) is 0 Å². The van der Waals surface area contributed by atoms with E-state index < -0.39 is 14.9 Å². The molecule has 1 rings (SSSR count). The molecule has 20 heavy (non-hydrogen) atoms. The van der Waals surface area contributed by atoms with Gasteiger partial charge in [-0.05, 0) is 18.6 Å². The maximum atomic E-state index is 12.4. The molecule has 0 aliphatic carbocycles. The van der Waals surface area contributed by atoms with E-state index in [1.54, 1.807) is 0 Å². The highest BCUT2D eigenvalue weighted by Crippen LogP contribution is 2.19. The summed E-state index contributed by atoms with van der Waals surface area (Å²) in [6.07, 6.45) is 1.52. The molecule has 8 heteroatoms. The molecule has 0 radical (unpaired) electrons. The van der Waals surface area contributed by atoms with Gasteiger partial charge in [-0.15, -0.1) is 0 Å². The molecule has 0 amide bonds. The number of benzene rings is 1. The van der Waals surface area contributed by atoms with Crippen LogP contribution in [0.15, 0.2) is 29.2 Å². The van der Waals surface area contributed by atoms with Gasteiger partial charge in [0.2, 0.25) is 10.0 Å². The van der Waals surface area contributed by atoms with E-state index in [9.17, 15) is 18.5 Å². The second-order valence-corrected chi connectivity index (χ2v) is 6.17. The summed E-state index contributed by atoms with van der Waals surface area (Å²) in [6.45, 7) is 2.00. The molecule has 0 spiro atoms. The minimum Gasteiger partial charge on any atom is -0.395 e. The zero-order valence-electron chi connectivity index (χ0n) is 11.2. The number of hydrogen-bond donors (Lipinski definition) is 1. The lowest BCUT2D eigenvalue weighted by atomic mass is 10.3. The molecule has 7 nitrogen and oxygen atoms in total. The molecule has 0 aliphatic heterocycles. The average molecular weight is 302 g/mol. The lowest BCUT2D eigenvalue weighted by Crippen LogP contribution is -2.34. The second kappa shape index (κ2) is 7.32. The number of unbranched alkanes of at least 4 members (excludes halogenated alkanes) is 1. The molecule has 0 unspecified atom stereocenters. The molecular formula is C12H18N2O5S. The molecular weight excluding hydrogens is 284 g/mol. The molecule has 0 bridgehead atoms. The number of aliphatic hydroxyl groups is 1. The maximum Gasteiger partial charge on any atom is 0.269 e. The van der Waals surface area contributed by atoms with Gasteiger partial charge in [-0.3, -0.25) is 10.1 Å². The van der Waals surface area contributed by atoms with Crippen molar-refractivity contribution in [2.24, 2.45) is 0 Å². The van der Waals surface area contributed by atoms with Gasteiger partial charge >= 0.3 is 0 Å². The van der Waals surface area contributed by atoms with Crippen molar-refractivity contribution in [2.75, 3.05) is 19.7 Å². The number of nitro groups is 1. The van der Waals surface area contributed by atoms with Gasteiger partial charge < -0.3 is 5.11 Å². The Hall–Kier alpha value is -1.51. The number of nitro benzene ring substituents is 1. The summed E-state index contributed by atoms with van der Waals surface area (Å²) in [4.78, 5) is 9.96. The SMILES string of the molecule is CCCCN(CCO)S(=O)(=O)c1ccc([N+](=O)[O-])cc1. The summed E-state index contributed by atoms with van der Waals surface area (Å²) >= 11 is 0. The van der Waals surface area contributed by atoms with Crippen molar-refractivity contribution in [3.05, 3.63) is 34.4 Å². The number of nitrogens with zero attached hydrogens (tertiary/aromatic N) is 2. The molecule has 112 valence electrons. The Bertz CT molecular complexity index is 541. The van der Waals surface area contributed by atoms with Crippen molar-refractivity contribution in [3.8, 4) is 0 Å². The highest BCUT2D eigenvalue weighted by molar-refractivity contribution is 7.89. The fraction of sp³-hybridized carbons (Fsp3) is 0.500. The van der Waals surface area contributed by atoms with Crippen LogP contribution < -0.4 is 0 Å². The van der Waals surface area contributed by atoms with E-state index in [0.29, 0.717) is 13.0 Å². The third-order valence-corrected chi connectivity index (χ3v) is 4.71. The van der Waals surface area contributed by atoms with Gasteiger partial charge in [0.25, 0.3) is 5.69 Å². The third-order valence-electron chi connectivity index (χ3n) is 2.80. The van der Waals surface area contributed by atoms with Crippen LogP contribution in [0.5, 0.6) is 0 Å². The second-order valence-electron chi connectivity index (χ2n) is 4.23. The number of hydrogen-bond acceptors (Lipinski definition) is 5.